The van der Waals surface area contributed by atoms with Gasteiger partial charge in [0.1, 0.15) is 5.75 Å². The maximum atomic E-state index is 12.7. The number of ketones is 2. The molecule has 0 saturated carbocycles. The van der Waals surface area contributed by atoms with E-state index in [1.165, 1.54) is 6.07 Å². The van der Waals surface area contributed by atoms with Gasteiger partial charge in [-0.15, -0.1) is 0 Å². The van der Waals surface area contributed by atoms with Crippen LogP contribution in [0.25, 0.3) is 0 Å². The van der Waals surface area contributed by atoms with Gasteiger partial charge in [-0.3, -0.25) is 9.59 Å². The van der Waals surface area contributed by atoms with Gasteiger partial charge < -0.3 is 15.5 Å². The van der Waals surface area contributed by atoms with Crippen LogP contribution in [0.4, 0.5) is 5.69 Å². The maximum absolute atomic E-state index is 12.7. The Morgan fingerprint density at radius 2 is 1.58 bits per heavy atom. The Balaban J connectivity index is 2.05. The Labute approximate surface area is 139 Å². The van der Waals surface area contributed by atoms with Gasteiger partial charge in [-0.25, -0.2) is 0 Å². The summed E-state index contributed by atoms with van der Waals surface area (Å²) in [7, 11) is 0. The molecule has 0 heterocycles. The minimum Gasteiger partial charge on any atom is -0.507 e. The van der Waals surface area contributed by atoms with E-state index >= 15 is 0 Å². The van der Waals surface area contributed by atoms with Gasteiger partial charge in [-0.1, -0.05) is 44.0 Å². The van der Waals surface area contributed by atoms with E-state index in [2.05, 4.69) is 12.2 Å². The molecule has 0 spiro atoms. The van der Waals surface area contributed by atoms with Crippen LogP contribution in [0, 0.1) is 0 Å². The fourth-order valence-electron chi connectivity index (χ4n) is 2.99. The lowest BCUT2D eigenvalue weighted by Gasteiger charge is -2.21. The Kier molecular flexibility index (Phi) is 4.25. The van der Waals surface area contributed by atoms with Crippen LogP contribution in [0.2, 0.25) is 0 Å². The molecule has 0 aliphatic heterocycles. The SMILES string of the molecule is CCCCCNc1cc(O)c2c(c1O)C(=O)c1ccccc1C2=O. The molecule has 2 aromatic carbocycles. The van der Waals surface area contributed by atoms with E-state index in [9.17, 15) is 19.8 Å². The molecule has 0 saturated heterocycles. The molecule has 1 aliphatic rings. The summed E-state index contributed by atoms with van der Waals surface area (Å²) in [6, 6.07) is 7.73. The largest absolute Gasteiger partial charge is 0.507 e. The highest BCUT2D eigenvalue weighted by Gasteiger charge is 2.35. The number of nitrogens with one attached hydrogen (secondary N) is 1. The average molecular weight is 325 g/mol. The number of hydrogen-bond acceptors (Lipinski definition) is 5. The molecule has 2 aromatic rings. The van der Waals surface area contributed by atoms with Crippen molar-refractivity contribution >= 4 is 17.3 Å². The highest BCUT2D eigenvalue weighted by Crippen LogP contribution is 2.42. The quantitative estimate of drug-likeness (QED) is 0.380. The number of fused-ring (bicyclic) bond motifs is 2. The lowest BCUT2D eigenvalue weighted by molar-refractivity contribution is 0.0974. The van der Waals surface area contributed by atoms with Crippen LogP contribution < -0.4 is 5.32 Å². The Morgan fingerprint density at radius 1 is 0.958 bits per heavy atom. The van der Waals surface area contributed by atoms with E-state index in [0.717, 1.165) is 19.3 Å². The summed E-state index contributed by atoms with van der Waals surface area (Å²) < 4.78 is 0. The zero-order chi connectivity index (χ0) is 17.3. The summed E-state index contributed by atoms with van der Waals surface area (Å²) in [5.74, 6) is -1.49. The first-order valence-corrected chi connectivity index (χ1v) is 8.07. The summed E-state index contributed by atoms with van der Waals surface area (Å²) in [5.41, 5.74) is 0.496. The van der Waals surface area contributed by atoms with E-state index in [1.807, 2.05) is 0 Å². The summed E-state index contributed by atoms with van der Waals surface area (Å²) in [4.78, 5) is 25.3. The number of benzene rings is 2. The van der Waals surface area contributed by atoms with Crippen LogP contribution in [-0.4, -0.2) is 28.3 Å². The van der Waals surface area contributed by atoms with Gasteiger partial charge in [0, 0.05) is 23.7 Å². The molecule has 0 atom stereocenters. The van der Waals surface area contributed by atoms with Crippen molar-refractivity contribution in [1.29, 1.82) is 0 Å². The topological polar surface area (TPSA) is 86.6 Å². The normalized spacial score (nSPS) is 12.7. The number of hydrogen-bond donors (Lipinski definition) is 3. The lowest BCUT2D eigenvalue weighted by Crippen LogP contribution is -2.21. The van der Waals surface area contributed by atoms with Crippen LogP contribution in [0.1, 0.15) is 58.0 Å². The standard InChI is InChI=1S/C19H19NO4/c1-2-3-6-9-20-13-10-14(21)15-16(19(13)24)18(23)12-8-5-4-7-11(12)17(15)22/h4-5,7-8,10,20-21,24H,2-3,6,9H2,1H3. The highest BCUT2D eigenvalue weighted by atomic mass is 16.3. The van der Waals surface area contributed by atoms with Gasteiger partial charge in [0.2, 0.25) is 0 Å². The average Bonchev–Trinajstić information content (AvgIpc) is 2.59. The Bertz CT molecular complexity index is 826. The van der Waals surface area contributed by atoms with Crippen LogP contribution in [0.5, 0.6) is 11.5 Å². The van der Waals surface area contributed by atoms with E-state index in [-0.39, 0.29) is 39.4 Å². The van der Waals surface area contributed by atoms with E-state index < -0.39 is 11.6 Å². The van der Waals surface area contributed by atoms with Crippen molar-refractivity contribution in [2.45, 2.75) is 26.2 Å². The fourth-order valence-corrected chi connectivity index (χ4v) is 2.99. The van der Waals surface area contributed by atoms with Gasteiger partial charge >= 0.3 is 0 Å². The minimum atomic E-state index is -0.454. The molecule has 0 fully saturated rings. The molecule has 5 heteroatoms. The van der Waals surface area contributed by atoms with Crippen molar-refractivity contribution in [2.75, 3.05) is 11.9 Å². The second kappa shape index (κ2) is 6.35. The van der Waals surface area contributed by atoms with Gasteiger partial charge in [0.05, 0.1) is 16.8 Å². The van der Waals surface area contributed by atoms with Gasteiger partial charge in [0.15, 0.2) is 17.3 Å². The molecule has 0 amide bonds. The van der Waals surface area contributed by atoms with Crippen molar-refractivity contribution in [3.63, 3.8) is 0 Å². The second-order valence-corrected chi connectivity index (χ2v) is 5.88. The molecule has 124 valence electrons. The lowest BCUT2D eigenvalue weighted by atomic mass is 9.82. The van der Waals surface area contributed by atoms with E-state index in [1.54, 1.807) is 24.3 Å². The van der Waals surface area contributed by atoms with Crippen molar-refractivity contribution in [2.24, 2.45) is 0 Å². The Hall–Kier alpha value is -2.82. The number of unbranched alkanes of at least 4 members (excludes halogenated alkanes) is 2. The van der Waals surface area contributed by atoms with Crippen LogP contribution in [0.3, 0.4) is 0 Å². The first-order valence-electron chi connectivity index (χ1n) is 8.07. The number of carbonyl (C=O) groups is 2. The minimum absolute atomic E-state index is 0.128. The predicted molar refractivity (Wildman–Crippen MR) is 91.1 cm³/mol. The number of carbonyl (C=O) groups excluding carboxylic acids is 2. The smallest absolute Gasteiger partial charge is 0.198 e. The molecule has 0 bridgehead atoms. The molecule has 0 radical (unpaired) electrons. The third-order valence-corrected chi connectivity index (χ3v) is 4.25. The third kappa shape index (κ3) is 2.52. The van der Waals surface area contributed by atoms with Gasteiger partial charge in [0.25, 0.3) is 0 Å². The molecule has 3 N–H and O–H groups in total. The zero-order valence-electron chi connectivity index (χ0n) is 13.4. The van der Waals surface area contributed by atoms with Crippen molar-refractivity contribution in [3.05, 3.63) is 52.6 Å². The van der Waals surface area contributed by atoms with E-state index in [0.29, 0.717) is 6.54 Å². The van der Waals surface area contributed by atoms with E-state index in [4.69, 9.17) is 0 Å². The Morgan fingerprint density at radius 3 is 2.21 bits per heavy atom. The highest BCUT2D eigenvalue weighted by molar-refractivity contribution is 6.30. The predicted octanol–water partition coefficient (Wildman–Crippen LogP) is 3.48. The molecule has 1 aliphatic carbocycles. The molecule has 24 heavy (non-hydrogen) atoms. The molecule has 5 nitrogen and oxygen atoms in total. The maximum Gasteiger partial charge on any atom is 0.198 e. The monoisotopic (exact) mass is 325 g/mol. The number of rotatable bonds is 5. The molecule has 3 rings (SSSR count). The molecule has 0 aromatic heterocycles. The summed E-state index contributed by atoms with van der Waals surface area (Å²) in [6.45, 7) is 2.70. The molecular formula is C19H19NO4. The summed E-state index contributed by atoms with van der Waals surface area (Å²) in [6.07, 6.45) is 3.01. The van der Waals surface area contributed by atoms with Gasteiger partial charge in [-0.05, 0) is 6.42 Å². The summed E-state index contributed by atoms with van der Waals surface area (Å²) >= 11 is 0. The van der Waals surface area contributed by atoms with Crippen LogP contribution in [-0.2, 0) is 0 Å². The molecular weight excluding hydrogens is 306 g/mol. The van der Waals surface area contributed by atoms with Crippen molar-refractivity contribution in [1.82, 2.24) is 0 Å². The number of phenolic OH excluding ortho intramolecular Hbond substituents is 2. The summed E-state index contributed by atoms with van der Waals surface area (Å²) in [5, 5.41) is 23.8. The third-order valence-electron chi connectivity index (χ3n) is 4.25. The van der Waals surface area contributed by atoms with Crippen LogP contribution in [0.15, 0.2) is 30.3 Å². The number of anilines is 1. The van der Waals surface area contributed by atoms with Crippen molar-refractivity contribution in [3.8, 4) is 11.5 Å². The number of aromatic hydroxyl groups is 2. The van der Waals surface area contributed by atoms with Gasteiger partial charge in [-0.2, -0.15) is 0 Å². The van der Waals surface area contributed by atoms with Crippen molar-refractivity contribution < 1.29 is 19.8 Å². The number of phenols is 2. The fraction of sp³-hybridized carbons (Fsp3) is 0.263. The first kappa shape index (κ1) is 16.1. The second-order valence-electron chi connectivity index (χ2n) is 5.88. The molecule has 0 unspecified atom stereocenters. The first-order chi connectivity index (χ1) is 11.6. The zero-order valence-corrected chi connectivity index (χ0v) is 13.4. The van der Waals surface area contributed by atoms with Crippen LogP contribution >= 0.6 is 0 Å².